The second kappa shape index (κ2) is 9.53. The lowest BCUT2D eigenvalue weighted by atomic mass is 10.1. The Morgan fingerprint density at radius 3 is 2.06 bits per heavy atom. The van der Waals surface area contributed by atoms with Crippen molar-refractivity contribution in [3.63, 3.8) is 0 Å². The first-order valence-electron chi connectivity index (χ1n) is 9.58. The van der Waals surface area contributed by atoms with E-state index in [9.17, 15) is 19.7 Å². The van der Waals surface area contributed by atoms with Crippen molar-refractivity contribution in [2.45, 2.75) is 13.8 Å². The number of rotatable bonds is 7. The Hall–Kier alpha value is -4.20. The molecule has 158 valence electrons. The number of nitro groups is 1. The molecule has 3 aromatic rings. The van der Waals surface area contributed by atoms with Gasteiger partial charge in [0, 0.05) is 22.5 Å². The molecule has 3 aromatic carbocycles. The molecule has 2 amide bonds. The number of nitrogens with one attached hydrogen (secondary N) is 2. The van der Waals surface area contributed by atoms with Gasteiger partial charge in [-0.05, 0) is 68.4 Å². The second-order valence-electron chi connectivity index (χ2n) is 6.67. The zero-order chi connectivity index (χ0) is 22.4. The summed E-state index contributed by atoms with van der Waals surface area (Å²) in [4.78, 5) is 35.7. The van der Waals surface area contributed by atoms with Crippen molar-refractivity contribution in [2.75, 3.05) is 17.2 Å². The van der Waals surface area contributed by atoms with Gasteiger partial charge >= 0.3 is 0 Å². The first-order valence-corrected chi connectivity index (χ1v) is 9.58. The monoisotopic (exact) mass is 419 g/mol. The van der Waals surface area contributed by atoms with Gasteiger partial charge in [0.2, 0.25) is 0 Å². The van der Waals surface area contributed by atoms with Crippen LogP contribution in [0.25, 0.3) is 0 Å². The molecule has 0 saturated heterocycles. The van der Waals surface area contributed by atoms with E-state index in [1.165, 1.54) is 6.07 Å². The van der Waals surface area contributed by atoms with Gasteiger partial charge in [-0.3, -0.25) is 19.7 Å². The van der Waals surface area contributed by atoms with Crippen molar-refractivity contribution in [3.8, 4) is 5.75 Å². The first kappa shape index (κ1) is 21.5. The number of carbonyl (C=O) groups is 2. The van der Waals surface area contributed by atoms with Crippen LogP contribution in [0.3, 0.4) is 0 Å². The molecule has 0 spiro atoms. The lowest BCUT2D eigenvalue weighted by Gasteiger charge is -2.09. The summed E-state index contributed by atoms with van der Waals surface area (Å²) in [7, 11) is 0. The number of amides is 2. The van der Waals surface area contributed by atoms with Gasteiger partial charge in [-0.25, -0.2) is 0 Å². The van der Waals surface area contributed by atoms with E-state index in [1.54, 1.807) is 67.6 Å². The molecule has 2 N–H and O–H groups in total. The Morgan fingerprint density at radius 1 is 0.903 bits per heavy atom. The van der Waals surface area contributed by atoms with E-state index in [4.69, 9.17) is 4.74 Å². The average Bonchev–Trinajstić information content (AvgIpc) is 2.75. The van der Waals surface area contributed by atoms with Crippen LogP contribution in [-0.4, -0.2) is 23.3 Å². The van der Waals surface area contributed by atoms with Gasteiger partial charge in [-0.1, -0.05) is 12.1 Å². The Bertz CT molecular complexity index is 1110. The van der Waals surface area contributed by atoms with E-state index in [0.717, 1.165) is 5.75 Å². The maximum atomic E-state index is 12.5. The van der Waals surface area contributed by atoms with E-state index in [-0.39, 0.29) is 17.2 Å². The molecule has 0 atom stereocenters. The SMILES string of the molecule is CCOc1ccc(NC(=O)c2ccc(NC(=O)c3cccc(C)c3[N+](=O)[O-])cc2)cc1. The van der Waals surface area contributed by atoms with Crippen molar-refractivity contribution >= 4 is 28.9 Å². The van der Waals surface area contributed by atoms with Crippen LogP contribution in [0, 0.1) is 17.0 Å². The molecule has 0 aromatic heterocycles. The van der Waals surface area contributed by atoms with Crippen LogP contribution in [-0.2, 0) is 0 Å². The smallest absolute Gasteiger partial charge is 0.285 e. The standard InChI is InChI=1S/C23H21N3O5/c1-3-31-19-13-11-18(12-14-19)24-22(27)16-7-9-17(10-8-16)25-23(28)20-6-4-5-15(2)21(20)26(29)30/h4-14H,3H2,1-2H3,(H,24,27)(H,25,28). The molecule has 0 unspecified atom stereocenters. The number of aryl methyl sites for hydroxylation is 1. The summed E-state index contributed by atoms with van der Waals surface area (Å²) in [6.07, 6.45) is 0. The largest absolute Gasteiger partial charge is 0.494 e. The lowest BCUT2D eigenvalue weighted by molar-refractivity contribution is -0.385. The number of carbonyl (C=O) groups excluding carboxylic acids is 2. The highest BCUT2D eigenvalue weighted by Crippen LogP contribution is 2.24. The Labute approximate surface area is 179 Å². The maximum absolute atomic E-state index is 12.5. The highest BCUT2D eigenvalue weighted by atomic mass is 16.6. The van der Waals surface area contributed by atoms with Gasteiger partial charge in [-0.2, -0.15) is 0 Å². The second-order valence-corrected chi connectivity index (χ2v) is 6.67. The fourth-order valence-corrected chi connectivity index (χ4v) is 2.99. The van der Waals surface area contributed by atoms with Gasteiger partial charge in [0.05, 0.1) is 11.5 Å². The molecule has 0 aliphatic carbocycles. The maximum Gasteiger partial charge on any atom is 0.285 e. The highest BCUT2D eigenvalue weighted by molar-refractivity contribution is 6.08. The molecule has 8 nitrogen and oxygen atoms in total. The minimum absolute atomic E-state index is 0.0256. The molecule has 8 heteroatoms. The number of hydrogen-bond donors (Lipinski definition) is 2. The summed E-state index contributed by atoms with van der Waals surface area (Å²) >= 11 is 0. The fourth-order valence-electron chi connectivity index (χ4n) is 2.99. The summed E-state index contributed by atoms with van der Waals surface area (Å²) in [6.45, 7) is 4.03. The van der Waals surface area contributed by atoms with Crippen LogP contribution in [0.2, 0.25) is 0 Å². The number of para-hydroxylation sites is 1. The minimum Gasteiger partial charge on any atom is -0.494 e. The van der Waals surface area contributed by atoms with Crippen LogP contribution in [0.1, 0.15) is 33.2 Å². The van der Waals surface area contributed by atoms with Crippen LogP contribution in [0.4, 0.5) is 17.1 Å². The Balaban J connectivity index is 1.67. The van der Waals surface area contributed by atoms with Gasteiger partial charge < -0.3 is 15.4 Å². The van der Waals surface area contributed by atoms with Crippen molar-refractivity contribution in [1.29, 1.82) is 0 Å². The zero-order valence-electron chi connectivity index (χ0n) is 17.0. The summed E-state index contributed by atoms with van der Waals surface area (Å²) in [5.41, 5.74) is 1.58. The van der Waals surface area contributed by atoms with E-state index >= 15 is 0 Å². The van der Waals surface area contributed by atoms with E-state index in [1.807, 2.05) is 6.92 Å². The number of nitrogens with zero attached hydrogens (tertiary/aromatic N) is 1. The van der Waals surface area contributed by atoms with Crippen LogP contribution in [0.5, 0.6) is 5.75 Å². The van der Waals surface area contributed by atoms with E-state index < -0.39 is 10.8 Å². The van der Waals surface area contributed by atoms with Crippen molar-refractivity contribution in [1.82, 2.24) is 0 Å². The Morgan fingerprint density at radius 2 is 1.48 bits per heavy atom. The number of ether oxygens (including phenoxy) is 1. The number of benzene rings is 3. The number of anilines is 2. The molecule has 0 heterocycles. The zero-order valence-corrected chi connectivity index (χ0v) is 17.0. The molecule has 0 radical (unpaired) electrons. The van der Waals surface area contributed by atoms with Crippen molar-refractivity contribution in [2.24, 2.45) is 0 Å². The molecule has 0 bridgehead atoms. The Kier molecular flexibility index (Phi) is 6.61. The quantitative estimate of drug-likeness (QED) is 0.422. The molecule has 31 heavy (non-hydrogen) atoms. The molecular formula is C23H21N3O5. The highest BCUT2D eigenvalue weighted by Gasteiger charge is 2.22. The molecule has 3 rings (SSSR count). The van der Waals surface area contributed by atoms with Crippen molar-refractivity contribution < 1.29 is 19.2 Å². The third-order valence-corrected chi connectivity index (χ3v) is 4.49. The predicted molar refractivity (Wildman–Crippen MR) is 118 cm³/mol. The van der Waals surface area contributed by atoms with Gasteiger partial charge in [0.1, 0.15) is 11.3 Å². The summed E-state index contributed by atoms with van der Waals surface area (Å²) < 4.78 is 5.37. The van der Waals surface area contributed by atoms with Crippen molar-refractivity contribution in [3.05, 3.63) is 93.5 Å². The molecular weight excluding hydrogens is 398 g/mol. The average molecular weight is 419 g/mol. The first-order chi connectivity index (χ1) is 14.9. The predicted octanol–water partition coefficient (Wildman–Crippen LogP) is 4.81. The number of hydrogen-bond acceptors (Lipinski definition) is 5. The fraction of sp³-hybridized carbons (Fsp3) is 0.130. The lowest BCUT2D eigenvalue weighted by Crippen LogP contribution is -2.15. The third kappa shape index (κ3) is 5.24. The molecule has 0 fully saturated rings. The topological polar surface area (TPSA) is 111 Å². The molecule has 0 aliphatic rings. The van der Waals surface area contributed by atoms with Gasteiger partial charge in [-0.15, -0.1) is 0 Å². The van der Waals surface area contributed by atoms with Crippen LogP contribution >= 0.6 is 0 Å². The van der Waals surface area contributed by atoms with Gasteiger partial charge in [0.15, 0.2) is 0 Å². The van der Waals surface area contributed by atoms with Crippen LogP contribution < -0.4 is 15.4 Å². The minimum atomic E-state index is -0.595. The summed E-state index contributed by atoms with van der Waals surface area (Å²) in [5.74, 6) is -0.187. The number of nitro benzene ring substituents is 1. The van der Waals surface area contributed by atoms with Gasteiger partial charge in [0.25, 0.3) is 17.5 Å². The summed E-state index contributed by atoms with van der Waals surface area (Å²) in [6, 6.07) is 17.8. The van der Waals surface area contributed by atoms with E-state index in [0.29, 0.717) is 29.1 Å². The normalized spacial score (nSPS) is 10.3. The van der Waals surface area contributed by atoms with Crippen LogP contribution in [0.15, 0.2) is 66.7 Å². The summed E-state index contributed by atoms with van der Waals surface area (Å²) in [5, 5.41) is 16.7. The third-order valence-electron chi connectivity index (χ3n) is 4.49. The molecule has 0 aliphatic heterocycles. The molecule has 0 saturated carbocycles. The van der Waals surface area contributed by atoms with E-state index in [2.05, 4.69) is 10.6 Å².